The molecule has 3 nitrogen and oxygen atoms in total. The summed E-state index contributed by atoms with van der Waals surface area (Å²) in [4.78, 5) is 0. The van der Waals surface area contributed by atoms with Gasteiger partial charge in [-0.1, -0.05) is 0 Å². The predicted octanol–water partition coefficient (Wildman–Crippen LogP) is 6.54. The molecule has 1 N–H and O–H groups in total. The van der Waals surface area contributed by atoms with Crippen molar-refractivity contribution in [3.63, 3.8) is 0 Å². The highest BCUT2D eigenvalue weighted by Crippen LogP contribution is 2.66. The quantitative estimate of drug-likeness (QED) is 0.221. The molecule has 0 aromatic rings. The van der Waals surface area contributed by atoms with Crippen LogP contribution in [0.1, 0.15) is 6.92 Å². The van der Waals surface area contributed by atoms with Crippen molar-refractivity contribution in [2.75, 3.05) is 0 Å². The molecule has 0 spiro atoms. The van der Waals surface area contributed by atoms with Crippen LogP contribution in [0.2, 0.25) is 0 Å². The summed E-state index contributed by atoms with van der Waals surface area (Å²) in [6.45, 7) is -0.905. The van der Waals surface area contributed by atoms with Gasteiger partial charge in [0.15, 0.2) is 5.25 Å². The molecule has 0 aliphatic heterocycles. The highest BCUT2D eigenvalue weighted by atomic mass is 32.2. The molecule has 0 saturated heterocycles. The van der Waals surface area contributed by atoms with E-state index in [9.17, 15) is 101 Å². The Balaban J connectivity index is 7.22. The first-order valence-electron chi connectivity index (χ1n) is 7.84. The van der Waals surface area contributed by atoms with Crippen molar-refractivity contribution in [1.82, 2.24) is 0 Å². The third-order valence-corrected chi connectivity index (χ3v) is 5.68. The Morgan fingerprint density at radius 3 is 0.811 bits per heavy atom. The largest absolute Gasteiger partial charge is 0.460 e. The van der Waals surface area contributed by atoms with E-state index in [4.69, 9.17) is 4.55 Å². The monoisotopic (exact) mass is 628 g/mol. The normalized spacial score (nSPS) is 17.7. The standard InChI is InChI=1S/C12H5F21O3S/c1-2(37(34,35)36)3(13,14)4(15,16)5(17,18)6(19,20)7(21,22)8(23,24)9(25,26)10(27,28)11(29,30)12(31,32)33/h2H,1H3,(H,34,35,36). The molecule has 1 atom stereocenters. The summed E-state index contributed by atoms with van der Waals surface area (Å²) in [5.41, 5.74) is 0. The first-order valence-corrected chi connectivity index (χ1v) is 9.34. The Bertz CT molecular complexity index is 962. The Kier molecular flexibility index (Phi) is 8.11. The van der Waals surface area contributed by atoms with Gasteiger partial charge in [-0.3, -0.25) is 4.55 Å². The van der Waals surface area contributed by atoms with Gasteiger partial charge in [0.05, 0.1) is 0 Å². The van der Waals surface area contributed by atoms with Gasteiger partial charge >= 0.3 is 59.5 Å². The molecule has 0 radical (unpaired) electrons. The first-order chi connectivity index (χ1) is 15.4. The maximum Gasteiger partial charge on any atom is 0.460 e. The highest BCUT2D eigenvalue weighted by molar-refractivity contribution is 7.86. The lowest BCUT2D eigenvalue weighted by atomic mass is 9.86. The Labute approximate surface area is 188 Å². The molecule has 0 aliphatic carbocycles. The van der Waals surface area contributed by atoms with E-state index in [0.717, 1.165) is 0 Å². The second-order valence-corrected chi connectivity index (χ2v) is 8.61. The van der Waals surface area contributed by atoms with Gasteiger partial charge in [0.25, 0.3) is 10.1 Å². The summed E-state index contributed by atoms with van der Waals surface area (Å²) < 4.78 is 304. The number of hydrogen-bond acceptors (Lipinski definition) is 2. The second-order valence-electron chi connectivity index (χ2n) is 6.87. The molecule has 0 amide bonds. The minimum absolute atomic E-state index is 0.905. The third kappa shape index (κ3) is 4.33. The lowest BCUT2D eigenvalue weighted by molar-refractivity contribution is -0.474. The zero-order valence-electron chi connectivity index (χ0n) is 16.2. The average Bonchev–Trinajstić information content (AvgIpc) is 2.64. The predicted molar refractivity (Wildman–Crippen MR) is 71.6 cm³/mol. The van der Waals surface area contributed by atoms with Gasteiger partial charge < -0.3 is 0 Å². The smallest absolute Gasteiger partial charge is 0.285 e. The van der Waals surface area contributed by atoms with Crippen LogP contribution in [0.4, 0.5) is 92.2 Å². The van der Waals surface area contributed by atoms with Crippen LogP contribution in [-0.4, -0.2) is 77.7 Å². The van der Waals surface area contributed by atoms with Crippen LogP contribution >= 0.6 is 0 Å². The zero-order valence-corrected chi connectivity index (χ0v) is 17.0. The van der Waals surface area contributed by atoms with Crippen molar-refractivity contribution < 1.29 is 105 Å². The SMILES string of the molecule is CC(C(F)(F)C(F)(F)C(F)(F)C(F)(F)C(F)(F)C(F)(F)C(F)(F)C(F)(F)C(F)(F)C(F)(F)F)S(=O)(=O)O. The van der Waals surface area contributed by atoms with Crippen LogP contribution in [0.15, 0.2) is 0 Å². The summed E-state index contributed by atoms with van der Waals surface area (Å²) in [5, 5.41) is -4.71. The van der Waals surface area contributed by atoms with Crippen LogP contribution in [0.3, 0.4) is 0 Å². The fraction of sp³-hybridized carbons (Fsp3) is 1.00. The van der Waals surface area contributed by atoms with E-state index >= 15 is 0 Å². The molecule has 0 rings (SSSR count). The lowest BCUT2D eigenvalue weighted by Gasteiger charge is -2.44. The maximum atomic E-state index is 13.5. The Morgan fingerprint density at radius 1 is 0.432 bits per heavy atom. The van der Waals surface area contributed by atoms with E-state index in [0.29, 0.717) is 0 Å². The number of rotatable bonds is 10. The van der Waals surface area contributed by atoms with Crippen molar-refractivity contribution >= 4 is 10.1 Å². The van der Waals surface area contributed by atoms with Gasteiger partial charge in [-0.15, -0.1) is 0 Å². The molecule has 0 aliphatic rings. The molecule has 0 bridgehead atoms. The lowest BCUT2D eigenvalue weighted by Crippen LogP contribution is -2.77. The van der Waals surface area contributed by atoms with Crippen LogP contribution in [0.25, 0.3) is 0 Å². The van der Waals surface area contributed by atoms with E-state index in [2.05, 4.69) is 0 Å². The summed E-state index contributed by atoms with van der Waals surface area (Å²) in [6.07, 6.45) is -8.07. The minimum Gasteiger partial charge on any atom is -0.285 e. The number of hydrogen-bond donors (Lipinski definition) is 1. The zero-order chi connectivity index (χ0) is 31.1. The molecule has 0 aromatic carbocycles. The summed E-state index contributed by atoms with van der Waals surface area (Å²) in [5.74, 6) is -79.3. The molecule has 25 heteroatoms. The van der Waals surface area contributed by atoms with Crippen molar-refractivity contribution in [3.05, 3.63) is 0 Å². The number of alkyl halides is 21. The number of halogens is 21. The van der Waals surface area contributed by atoms with Crippen molar-refractivity contribution in [3.8, 4) is 0 Å². The molecule has 0 saturated carbocycles. The minimum atomic E-state index is -9.32. The molecular formula is C12H5F21O3S. The fourth-order valence-corrected chi connectivity index (χ4v) is 2.53. The molecule has 1 unspecified atom stereocenters. The van der Waals surface area contributed by atoms with Gasteiger partial charge in [-0.25, -0.2) is 0 Å². The summed E-state index contributed by atoms with van der Waals surface area (Å²) in [7, 11) is -6.74. The van der Waals surface area contributed by atoms with E-state index in [1.54, 1.807) is 0 Å². The average molecular weight is 628 g/mol. The van der Waals surface area contributed by atoms with Crippen molar-refractivity contribution in [1.29, 1.82) is 0 Å². The van der Waals surface area contributed by atoms with E-state index < -0.39 is 81.8 Å². The fourth-order valence-electron chi connectivity index (χ4n) is 2.01. The molecule has 224 valence electrons. The second kappa shape index (κ2) is 8.47. The van der Waals surface area contributed by atoms with Crippen LogP contribution in [0, 0.1) is 0 Å². The molecule has 0 fully saturated rings. The Hall–Kier alpha value is -1.56. The van der Waals surface area contributed by atoms with Gasteiger partial charge in [-0.2, -0.15) is 101 Å². The first kappa shape index (κ1) is 35.4. The molecular weight excluding hydrogens is 623 g/mol. The third-order valence-electron chi connectivity index (χ3n) is 4.49. The summed E-state index contributed by atoms with van der Waals surface area (Å²) >= 11 is 0. The molecule has 0 aromatic heterocycles. The highest BCUT2D eigenvalue weighted by Gasteiger charge is 2.98. The van der Waals surface area contributed by atoms with E-state index in [-0.39, 0.29) is 0 Å². The topological polar surface area (TPSA) is 54.4 Å². The van der Waals surface area contributed by atoms with Gasteiger partial charge in [0.2, 0.25) is 0 Å². The van der Waals surface area contributed by atoms with Crippen LogP contribution < -0.4 is 0 Å². The molecule has 37 heavy (non-hydrogen) atoms. The van der Waals surface area contributed by atoms with Gasteiger partial charge in [-0.05, 0) is 6.92 Å². The van der Waals surface area contributed by atoms with Gasteiger partial charge in [0.1, 0.15) is 0 Å². The van der Waals surface area contributed by atoms with Crippen molar-refractivity contribution in [2.24, 2.45) is 0 Å². The Morgan fingerprint density at radius 2 is 0.622 bits per heavy atom. The van der Waals surface area contributed by atoms with Crippen molar-refractivity contribution in [2.45, 2.75) is 71.7 Å². The van der Waals surface area contributed by atoms with Gasteiger partial charge in [0, 0.05) is 0 Å². The van der Waals surface area contributed by atoms with Crippen LogP contribution in [-0.2, 0) is 10.1 Å². The summed E-state index contributed by atoms with van der Waals surface area (Å²) in [6, 6.07) is 0. The maximum absolute atomic E-state index is 13.5. The van der Waals surface area contributed by atoms with E-state index in [1.165, 1.54) is 0 Å². The van der Waals surface area contributed by atoms with Crippen LogP contribution in [0.5, 0.6) is 0 Å². The van der Waals surface area contributed by atoms with E-state index in [1.807, 2.05) is 0 Å². The molecule has 0 heterocycles.